The van der Waals surface area contributed by atoms with E-state index in [1.54, 1.807) is 24.3 Å². The first-order valence-electron chi connectivity index (χ1n) is 9.32. The first-order chi connectivity index (χ1) is 14.5. The number of benzene rings is 3. The van der Waals surface area contributed by atoms with E-state index in [0.29, 0.717) is 5.02 Å². The van der Waals surface area contributed by atoms with Crippen molar-refractivity contribution in [1.82, 2.24) is 0 Å². The van der Waals surface area contributed by atoms with E-state index in [0.717, 1.165) is 15.4 Å². The van der Waals surface area contributed by atoms with Crippen LogP contribution in [-0.4, -0.2) is 28.3 Å². The summed E-state index contributed by atoms with van der Waals surface area (Å²) in [6.07, 6.45) is 0. The normalized spacial score (nSPS) is 12.8. The highest BCUT2D eigenvalue weighted by Gasteiger charge is 2.34. The molecule has 0 spiro atoms. The number of ketones is 1. The first kappa shape index (κ1) is 22.4. The molecule has 0 fully saturated rings. The van der Waals surface area contributed by atoms with Crippen molar-refractivity contribution in [3.05, 3.63) is 106 Å². The highest BCUT2D eigenvalue weighted by atomic mass is 35.5. The topological polar surface area (TPSA) is 60.2 Å². The zero-order valence-electron chi connectivity index (χ0n) is 16.0. The van der Waals surface area contributed by atoms with E-state index in [-0.39, 0.29) is 23.0 Å². The number of thioether (sulfide) groups is 2. The Hall–Kier alpha value is -2.28. The Morgan fingerprint density at radius 2 is 1.47 bits per heavy atom. The van der Waals surface area contributed by atoms with Crippen molar-refractivity contribution in [1.29, 1.82) is 0 Å². The van der Waals surface area contributed by atoms with Gasteiger partial charge in [-0.3, -0.25) is 14.9 Å². The molecule has 0 radical (unpaired) electrons. The summed E-state index contributed by atoms with van der Waals surface area (Å²) in [7, 11) is 0. The van der Waals surface area contributed by atoms with Gasteiger partial charge in [-0.25, -0.2) is 0 Å². The van der Waals surface area contributed by atoms with Gasteiger partial charge >= 0.3 is 0 Å². The zero-order valence-corrected chi connectivity index (χ0v) is 18.4. The molecule has 3 aromatic carbocycles. The van der Waals surface area contributed by atoms with E-state index >= 15 is 0 Å². The molecule has 0 aromatic heterocycles. The van der Waals surface area contributed by atoms with Crippen molar-refractivity contribution in [3.8, 4) is 0 Å². The Labute approximate surface area is 189 Å². The lowest BCUT2D eigenvalue weighted by molar-refractivity contribution is -0.483. The van der Waals surface area contributed by atoms with Gasteiger partial charge in [-0.05, 0) is 42.0 Å². The Morgan fingerprint density at radius 1 is 0.900 bits per heavy atom. The molecular weight excluding hydrogens is 438 g/mol. The minimum atomic E-state index is -0.588. The molecule has 0 bridgehead atoms. The average molecular weight is 458 g/mol. The number of carbonyl (C=O) groups excluding carboxylic acids is 1. The van der Waals surface area contributed by atoms with Gasteiger partial charge in [-0.15, -0.1) is 23.5 Å². The Balaban J connectivity index is 1.89. The molecule has 0 saturated carbocycles. The molecule has 30 heavy (non-hydrogen) atoms. The maximum absolute atomic E-state index is 13.3. The molecule has 0 amide bonds. The third-order valence-corrected chi connectivity index (χ3v) is 7.13. The lowest BCUT2D eigenvalue weighted by atomic mass is 9.93. The number of nitrogens with zero attached hydrogens (tertiary/aromatic N) is 1. The predicted octanol–water partition coefficient (Wildman–Crippen LogP) is 6.22. The highest BCUT2D eigenvalue weighted by Crippen LogP contribution is 2.36. The number of hydrogen-bond donors (Lipinski definition) is 0. The van der Waals surface area contributed by atoms with Gasteiger partial charge in [-0.2, -0.15) is 0 Å². The second kappa shape index (κ2) is 11.2. The molecule has 0 aliphatic rings. The molecule has 2 unspecified atom stereocenters. The van der Waals surface area contributed by atoms with Gasteiger partial charge in [-0.1, -0.05) is 60.1 Å². The van der Waals surface area contributed by atoms with Crippen LogP contribution < -0.4 is 0 Å². The second-order valence-electron chi connectivity index (χ2n) is 6.59. The molecule has 0 aliphatic carbocycles. The number of carbonyl (C=O) groups is 1. The van der Waals surface area contributed by atoms with Gasteiger partial charge in [0.15, 0.2) is 5.78 Å². The standard InChI is InChI=1S/C23H20ClNO3S2/c24-18-13-11-17(12-14-18)21(15-25(27)28)23(30-20-9-5-2-6-10-20)22(26)16-29-19-7-3-1-4-8-19/h1-14,21,23H,15-16H2. The minimum Gasteiger partial charge on any atom is -0.297 e. The van der Waals surface area contributed by atoms with Crippen LogP contribution in [0.3, 0.4) is 0 Å². The predicted molar refractivity (Wildman–Crippen MR) is 124 cm³/mol. The van der Waals surface area contributed by atoms with Crippen molar-refractivity contribution >= 4 is 40.9 Å². The molecule has 4 nitrogen and oxygen atoms in total. The second-order valence-corrected chi connectivity index (χ2v) is 9.29. The fraction of sp³-hybridized carbons (Fsp3) is 0.174. The third-order valence-electron chi connectivity index (χ3n) is 4.46. The van der Waals surface area contributed by atoms with Crippen LogP contribution in [0.2, 0.25) is 5.02 Å². The van der Waals surface area contributed by atoms with Crippen molar-refractivity contribution in [2.45, 2.75) is 21.0 Å². The highest BCUT2D eigenvalue weighted by molar-refractivity contribution is 8.02. The monoisotopic (exact) mass is 457 g/mol. The number of halogens is 1. The van der Waals surface area contributed by atoms with Gasteiger partial charge in [0.25, 0.3) is 0 Å². The molecule has 0 heterocycles. The van der Waals surface area contributed by atoms with E-state index in [9.17, 15) is 14.9 Å². The summed E-state index contributed by atoms with van der Waals surface area (Å²) < 4.78 is 0. The lowest BCUT2D eigenvalue weighted by Gasteiger charge is -2.23. The SMILES string of the molecule is O=C(CSc1ccccc1)C(Sc1ccccc1)C(C[N+](=O)[O-])c1ccc(Cl)cc1. The molecule has 0 aliphatic heterocycles. The molecular formula is C23H20ClNO3S2. The molecule has 0 N–H and O–H groups in total. The zero-order chi connectivity index (χ0) is 21.3. The Morgan fingerprint density at radius 3 is 2.03 bits per heavy atom. The van der Waals surface area contributed by atoms with Crippen molar-refractivity contribution in [2.24, 2.45) is 0 Å². The molecule has 0 saturated heterocycles. The fourth-order valence-corrected chi connectivity index (χ4v) is 5.32. The van der Waals surface area contributed by atoms with Crippen LogP contribution >= 0.6 is 35.1 Å². The summed E-state index contributed by atoms with van der Waals surface area (Å²) in [5, 5.41) is 11.4. The largest absolute Gasteiger partial charge is 0.297 e. The van der Waals surface area contributed by atoms with E-state index < -0.39 is 11.2 Å². The number of hydrogen-bond acceptors (Lipinski definition) is 5. The van der Waals surface area contributed by atoms with E-state index in [1.165, 1.54) is 23.5 Å². The quantitative estimate of drug-likeness (QED) is 0.205. The minimum absolute atomic E-state index is 0.0282. The number of rotatable bonds is 10. The summed E-state index contributed by atoms with van der Waals surface area (Å²) in [4.78, 5) is 26.3. The van der Waals surface area contributed by atoms with Gasteiger partial charge < -0.3 is 0 Å². The van der Waals surface area contributed by atoms with E-state index in [1.807, 2.05) is 60.7 Å². The first-order valence-corrected chi connectivity index (χ1v) is 11.6. The summed E-state index contributed by atoms with van der Waals surface area (Å²) in [5.74, 6) is -0.345. The molecule has 3 aromatic rings. The number of nitro groups is 1. The van der Waals surface area contributed by atoms with Crippen molar-refractivity contribution in [2.75, 3.05) is 12.3 Å². The number of Topliss-reactive ketones (excluding diaryl/α,β-unsaturated/α-hetero) is 1. The Kier molecular flexibility index (Phi) is 8.37. The molecule has 154 valence electrons. The third kappa shape index (κ3) is 6.62. The smallest absolute Gasteiger partial charge is 0.212 e. The molecule has 7 heteroatoms. The van der Waals surface area contributed by atoms with Gasteiger partial charge in [0, 0.05) is 19.7 Å². The molecule has 2 atom stereocenters. The fourth-order valence-electron chi connectivity index (χ4n) is 3.02. The van der Waals surface area contributed by atoms with Crippen molar-refractivity contribution in [3.63, 3.8) is 0 Å². The van der Waals surface area contributed by atoms with E-state index in [2.05, 4.69) is 0 Å². The van der Waals surface area contributed by atoms with Gasteiger partial charge in [0.05, 0.1) is 16.9 Å². The van der Waals surface area contributed by atoms with Crippen LogP contribution in [0.25, 0.3) is 0 Å². The van der Waals surface area contributed by atoms with Crippen LogP contribution in [0.5, 0.6) is 0 Å². The Bertz CT molecular complexity index is 969. The summed E-state index contributed by atoms with van der Waals surface area (Å²) in [6.45, 7) is -0.326. The van der Waals surface area contributed by atoms with Crippen LogP contribution in [0.1, 0.15) is 11.5 Å². The maximum atomic E-state index is 13.3. The van der Waals surface area contributed by atoms with E-state index in [4.69, 9.17) is 11.6 Å². The lowest BCUT2D eigenvalue weighted by Crippen LogP contribution is -2.31. The van der Waals surface area contributed by atoms with Crippen LogP contribution in [0.15, 0.2) is 94.7 Å². The summed E-state index contributed by atoms with van der Waals surface area (Å²) >= 11 is 8.83. The van der Waals surface area contributed by atoms with Gasteiger partial charge in [0.2, 0.25) is 6.54 Å². The average Bonchev–Trinajstić information content (AvgIpc) is 2.76. The maximum Gasteiger partial charge on any atom is 0.212 e. The van der Waals surface area contributed by atoms with Crippen LogP contribution in [-0.2, 0) is 4.79 Å². The summed E-state index contributed by atoms with van der Waals surface area (Å²) in [5.41, 5.74) is 0.739. The van der Waals surface area contributed by atoms with Gasteiger partial charge in [0.1, 0.15) is 0 Å². The molecule has 3 rings (SSSR count). The van der Waals surface area contributed by atoms with Crippen LogP contribution in [0.4, 0.5) is 0 Å². The van der Waals surface area contributed by atoms with Crippen LogP contribution in [0, 0.1) is 10.1 Å². The van der Waals surface area contributed by atoms with Crippen molar-refractivity contribution < 1.29 is 9.72 Å². The summed E-state index contributed by atoms with van der Waals surface area (Å²) in [6, 6.07) is 26.2.